The zero-order chi connectivity index (χ0) is 16.2. The lowest BCUT2D eigenvalue weighted by Gasteiger charge is -2.35. The lowest BCUT2D eigenvalue weighted by atomic mass is 10.1. The van der Waals surface area contributed by atoms with Crippen LogP contribution in [0.2, 0.25) is 0 Å². The Kier molecular flexibility index (Phi) is 4.24. The average molecular weight is 306 g/mol. The minimum absolute atomic E-state index is 0.0851. The Morgan fingerprint density at radius 1 is 1.22 bits per heavy atom. The van der Waals surface area contributed by atoms with Gasteiger partial charge < -0.3 is 9.80 Å². The van der Waals surface area contributed by atoms with E-state index in [1.807, 2.05) is 34.1 Å². The Hall–Kier alpha value is -2.87. The molecule has 0 radical (unpaired) electrons. The van der Waals surface area contributed by atoms with E-state index >= 15 is 0 Å². The van der Waals surface area contributed by atoms with Crippen LogP contribution in [0.15, 0.2) is 42.5 Å². The second-order valence-electron chi connectivity index (χ2n) is 5.72. The number of amides is 1. The van der Waals surface area contributed by atoms with Gasteiger partial charge in [-0.1, -0.05) is 35.9 Å². The van der Waals surface area contributed by atoms with Crippen molar-refractivity contribution in [1.82, 2.24) is 9.88 Å². The smallest absolute Gasteiger partial charge is 0.242 e. The highest BCUT2D eigenvalue weighted by Crippen LogP contribution is 2.16. The SMILES string of the molecule is Cc1cccc(CN2CCN(c3cccc(C#N)n3)CC2=O)c1. The first-order chi connectivity index (χ1) is 11.2. The fraction of sp³-hybridized carbons (Fsp3) is 0.278. The predicted octanol–water partition coefficient (Wildman–Crippen LogP) is 2.11. The largest absolute Gasteiger partial charge is 0.345 e. The molecule has 1 aromatic carbocycles. The number of piperazine rings is 1. The van der Waals surface area contributed by atoms with Crippen LogP contribution in [0.4, 0.5) is 5.82 Å². The minimum atomic E-state index is 0.0851. The van der Waals surface area contributed by atoms with E-state index in [4.69, 9.17) is 5.26 Å². The topological polar surface area (TPSA) is 60.2 Å². The summed E-state index contributed by atoms with van der Waals surface area (Å²) in [6.45, 7) is 4.37. The van der Waals surface area contributed by atoms with Gasteiger partial charge >= 0.3 is 0 Å². The Morgan fingerprint density at radius 3 is 2.78 bits per heavy atom. The van der Waals surface area contributed by atoms with Crippen LogP contribution in [-0.4, -0.2) is 35.4 Å². The van der Waals surface area contributed by atoms with E-state index in [1.54, 1.807) is 12.1 Å². The van der Waals surface area contributed by atoms with Crippen molar-refractivity contribution < 1.29 is 4.79 Å². The molecule has 2 aromatic rings. The maximum Gasteiger partial charge on any atom is 0.242 e. The molecule has 1 saturated heterocycles. The molecule has 1 fully saturated rings. The van der Waals surface area contributed by atoms with Gasteiger partial charge in [0.1, 0.15) is 17.6 Å². The third kappa shape index (κ3) is 3.49. The van der Waals surface area contributed by atoms with Crippen LogP contribution in [0.5, 0.6) is 0 Å². The lowest BCUT2D eigenvalue weighted by Crippen LogP contribution is -2.50. The van der Waals surface area contributed by atoms with Gasteiger partial charge in [-0.15, -0.1) is 0 Å². The number of nitrogens with zero attached hydrogens (tertiary/aromatic N) is 4. The van der Waals surface area contributed by atoms with Crippen molar-refractivity contribution in [2.24, 2.45) is 0 Å². The minimum Gasteiger partial charge on any atom is -0.345 e. The number of benzene rings is 1. The Balaban J connectivity index is 1.67. The number of pyridine rings is 1. The first-order valence-corrected chi connectivity index (χ1v) is 7.61. The quantitative estimate of drug-likeness (QED) is 0.871. The molecule has 1 amide bonds. The van der Waals surface area contributed by atoms with E-state index in [2.05, 4.69) is 24.0 Å². The van der Waals surface area contributed by atoms with E-state index in [-0.39, 0.29) is 5.91 Å². The van der Waals surface area contributed by atoms with Crippen LogP contribution in [-0.2, 0) is 11.3 Å². The van der Waals surface area contributed by atoms with Crippen molar-refractivity contribution in [2.45, 2.75) is 13.5 Å². The molecule has 3 rings (SSSR count). The summed E-state index contributed by atoms with van der Waals surface area (Å²) in [6.07, 6.45) is 0. The molecule has 2 heterocycles. The van der Waals surface area contributed by atoms with Crippen LogP contribution >= 0.6 is 0 Å². The molecule has 23 heavy (non-hydrogen) atoms. The second-order valence-corrected chi connectivity index (χ2v) is 5.72. The zero-order valence-corrected chi connectivity index (χ0v) is 13.1. The van der Waals surface area contributed by atoms with Gasteiger partial charge in [-0.25, -0.2) is 4.98 Å². The van der Waals surface area contributed by atoms with E-state index in [1.165, 1.54) is 5.56 Å². The molecule has 0 unspecified atom stereocenters. The number of aromatic nitrogens is 1. The number of rotatable bonds is 3. The summed E-state index contributed by atoms with van der Waals surface area (Å²) in [5, 5.41) is 8.93. The van der Waals surface area contributed by atoms with E-state index in [0.29, 0.717) is 31.1 Å². The summed E-state index contributed by atoms with van der Waals surface area (Å²) >= 11 is 0. The summed E-state index contributed by atoms with van der Waals surface area (Å²) in [5.74, 6) is 0.773. The van der Waals surface area contributed by atoms with Gasteiger partial charge in [0.05, 0.1) is 6.54 Å². The number of hydrogen-bond donors (Lipinski definition) is 0. The highest BCUT2D eigenvalue weighted by atomic mass is 16.2. The van der Waals surface area contributed by atoms with Gasteiger partial charge in [-0.05, 0) is 24.6 Å². The molecule has 5 nitrogen and oxygen atoms in total. The monoisotopic (exact) mass is 306 g/mol. The van der Waals surface area contributed by atoms with Gasteiger partial charge in [-0.3, -0.25) is 4.79 Å². The molecule has 1 aliphatic heterocycles. The molecular weight excluding hydrogens is 288 g/mol. The fourth-order valence-electron chi connectivity index (χ4n) is 2.76. The summed E-state index contributed by atoms with van der Waals surface area (Å²) in [5.41, 5.74) is 2.72. The molecule has 0 atom stereocenters. The molecule has 0 aliphatic carbocycles. The average Bonchev–Trinajstić information content (AvgIpc) is 2.57. The lowest BCUT2D eigenvalue weighted by molar-refractivity contribution is -0.131. The van der Waals surface area contributed by atoms with Crippen LogP contribution < -0.4 is 4.90 Å². The van der Waals surface area contributed by atoms with Gasteiger partial charge in [0, 0.05) is 19.6 Å². The van der Waals surface area contributed by atoms with Gasteiger partial charge in [0.2, 0.25) is 5.91 Å². The van der Waals surface area contributed by atoms with E-state index in [0.717, 1.165) is 12.1 Å². The predicted molar refractivity (Wildman–Crippen MR) is 87.8 cm³/mol. The van der Waals surface area contributed by atoms with Gasteiger partial charge in [0.25, 0.3) is 0 Å². The van der Waals surface area contributed by atoms with Crippen LogP contribution in [0, 0.1) is 18.3 Å². The Bertz CT molecular complexity index is 766. The second kappa shape index (κ2) is 6.49. The summed E-state index contributed by atoms with van der Waals surface area (Å²) in [7, 11) is 0. The molecule has 0 bridgehead atoms. The van der Waals surface area contributed by atoms with Crippen LogP contribution in [0.1, 0.15) is 16.8 Å². The number of aryl methyl sites for hydroxylation is 1. The first-order valence-electron chi connectivity index (χ1n) is 7.61. The van der Waals surface area contributed by atoms with Crippen molar-refractivity contribution in [3.05, 3.63) is 59.3 Å². The molecule has 0 saturated carbocycles. The third-order valence-corrected chi connectivity index (χ3v) is 3.95. The van der Waals surface area contributed by atoms with Crippen molar-refractivity contribution in [2.75, 3.05) is 24.5 Å². The molecule has 0 N–H and O–H groups in total. The van der Waals surface area contributed by atoms with Crippen LogP contribution in [0.3, 0.4) is 0 Å². The number of carbonyl (C=O) groups is 1. The Morgan fingerprint density at radius 2 is 2.04 bits per heavy atom. The number of hydrogen-bond acceptors (Lipinski definition) is 4. The van der Waals surface area contributed by atoms with Crippen LogP contribution in [0.25, 0.3) is 0 Å². The molecule has 116 valence electrons. The third-order valence-electron chi connectivity index (χ3n) is 3.95. The van der Waals surface area contributed by atoms with Gasteiger partial charge in [-0.2, -0.15) is 5.26 Å². The molecule has 1 aliphatic rings. The van der Waals surface area contributed by atoms with Crippen molar-refractivity contribution in [1.29, 1.82) is 5.26 Å². The molecule has 5 heteroatoms. The maximum absolute atomic E-state index is 12.4. The fourth-order valence-corrected chi connectivity index (χ4v) is 2.76. The van der Waals surface area contributed by atoms with Crippen molar-refractivity contribution >= 4 is 11.7 Å². The summed E-state index contributed by atoms with van der Waals surface area (Å²) in [6, 6.07) is 15.6. The standard InChI is InChI=1S/C18H18N4O/c1-14-4-2-5-15(10-14)12-22-9-8-21(13-18(22)23)17-7-3-6-16(11-19)20-17/h2-7,10H,8-9,12-13H2,1H3. The molecular formula is C18H18N4O. The van der Waals surface area contributed by atoms with E-state index < -0.39 is 0 Å². The normalized spacial score (nSPS) is 14.7. The number of carbonyl (C=O) groups excluding carboxylic acids is 1. The number of anilines is 1. The highest BCUT2D eigenvalue weighted by Gasteiger charge is 2.24. The molecule has 0 spiro atoms. The van der Waals surface area contributed by atoms with Crippen molar-refractivity contribution in [3.63, 3.8) is 0 Å². The maximum atomic E-state index is 12.4. The summed E-state index contributed by atoms with van der Waals surface area (Å²) < 4.78 is 0. The zero-order valence-electron chi connectivity index (χ0n) is 13.1. The molecule has 1 aromatic heterocycles. The summed E-state index contributed by atoms with van der Waals surface area (Å²) in [4.78, 5) is 20.5. The highest BCUT2D eigenvalue weighted by molar-refractivity contribution is 5.82. The Labute approximate surface area is 135 Å². The number of nitriles is 1. The van der Waals surface area contributed by atoms with E-state index in [9.17, 15) is 4.79 Å². The van der Waals surface area contributed by atoms with Gasteiger partial charge in [0.15, 0.2) is 0 Å². The first kappa shape index (κ1) is 15.0. The van der Waals surface area contributed by atoms with Crippen molar-refractivity contribution in [3.8, 4) is 6.07 Å².